The van der Waals surface area contributed by atoms with Crippen molar-refractivity contribution >= 4 is 58.3 Å². The molecule has 0 spiro atoms. The van der Waals surface area contributed by atoms with Gasteiger partial charge in [-0.2, -0.15) is 5.10 Å². The monoisotopic (exact) mass is 524 g/mol. The summed E-state index contributed by atoms with van der Waals surface area (Å²) in [5.41, 5.74) is 4.16. The van der Waals surface area contributed by atoms with E-state index in [1.807, 2.05) is 13.8 Å². The van der Waals surface area contributed by atoms with Gasteiger partial charge in [0.2, 0.25) is 0 Å². The molecule has 34 heavy (non-hydrogen) atoms. The number of anilines is 1. The quantitative estimate of drug-likeness (QED) is 0.316. The van der Waals surface area contributed by atoms with Crippen molar-refractivity contribution in [1.82, 2.24) is 10.3 Å². The number of morpholine rings is 1. The number of ether oxygens (including phenoxy) is 3. The lowest BCUT2D eigenvalue weighted by atomic mass is 10.2. The number of nitrogens with one attached hydrogen (secondary N) is 2. The second kappa shape index (κ2) is 12.2. The van der Waals surface area contributed by atoms with Crippen LogP contribution in [0.4, 0.5) is 5.69 Å². The molecule has 1 saturated heterocycles. The molecule has 0 aliphatic carbocycles. The van der Waals surface area contributed by atoms with Crippen molar-refractivity contribution in [3.8, 4) is 11.5 Å². The number of carbonyl (C=O) groups excluding carboxylic acids is 1. The number of methoxy groups -OCH3 is 1. The molecule has 2 unspecified atom stereocenters. The molecule has 1 aliphatic heterocycles. The van der Waals surface area contributed by atoms with Crippen molar-refractivity contribution < 1.29 is 19.0 Å². The van der Waals surface area contributed by atoms with E-state index in [-0.39, 0.29) is 29.8 Å². The number of amides is 1. The SMILES string of the molecule is COc1cc(C=NNC(=S)Nc2ccc(Cl)c(Cl)c2)ccc1OCC(=O)N1CC(C)OC(C)C1. The van der Waals surface area contributed by atoms with Crippen LogP contribution in [0.25, 0.3) is 0 Å². The Morgan fingerprint density at radius 3 is 2.59 bits per heavy atom. The molecule has 1 heterocycles. The Labute approximate surface area is 214 Å². The van der Waals surface area contributed by atoms with E-state index in [1.165, 1.54) is 7.11 Å². The standard InChI is InChI=1S/C23H26Cl2N4O4S/c1-14-11-29(12-15(2)33-14)22(30)13-32-20-7-4-16(8-21(20)31-3)10-26-28-23(34)27-17-5-6-18(24)19(25)9-17/h4-10,14-15H,11-13H2,1-3H3,(H2,27,28,34). The number of thiocarbonyl (C=S) groups is 1. The van der Waals surface area contributed by atoms with Gasteiger partial charge in [-0.3, -0.25) is 10.2 Å². The minimum atomic E-state index is -0.0955. The highest BCUT2D eigenvalue weighted by Crippen LogP contribution is 2.28. The summed E-state index contributed by atoms with van der Waals surface area (Å²) in [4.78, 5) is 14.3. The highest BCUT2D eigenvalue weighted by atomic mass is 35.5. The van der Waals surface area contributed by atoms with Crippen LogP contribution in [0.15, 0.2) is 41.5 Å². The van der Waals surface area contributed by atoms with Gasteiger partial charge in [-0.15, -0.1) is 0 Å². The number of rotatable bonds is 7. The first-order chi connectivity index (χ1) is 16.2. The van der Waals surface area contributed by atoms with Gasteiger partial charge in [0.1, 0.15) is 0 Å². The van der Waals surface area contributed by atoms with Crippen LogP contribution in [0.3, 0.4) is 0 Å². The van der Waals surface area contributed by atoms with E-state index < -0.39 is 0 Å². The van der Waals surface area contributed by atoms with Crippen molar-refractivity contribution in [3.63, 3.8) is 0 Å². The van der Waals surface area contributed by atoms with Gasteiger partial charge in [0.15, 0.2) is 23.2 Å². The molecule has 11 heteroatoms. The molecule has 2 aromatic carbocycles. The Hall–Kier alpha value is -2.59. The highest BCUT2D eigenvalue weighted by Gasteiger charge is 2.26. The zero-order chi connectivity index (χ0) is 24.7. The van der Waals surface area contributed by atoms with Crippen LogP contribution in [-0.2, 0) is 9.53 Å². The van der Waals surface area contributed by atoms with Crippen molar-refractivity contribution in [3.05, 3.63) is 52.0 Å². The minimum absolute atomic E-state index is 0.00138. The molecule has 182 valence electrons. The van der Waals surface area contributed by atoms with E-state index >= 15 is 0 Å². The minimum Gasteiger partial charge on any atom is -0.493 e. The first kappa shape index (κ1) is 26.0. The van der Waals surface area contributed by atoms with Gasteiger partial charge in [0.25, 0.3) is 5.91 Å². The van der Waals surface area contributed by atoms with Crippen LogP contribution in [0.1, 0.15) is 19.4 Å². The van der Waals surface area contributed by atoms with Crippen LogP contribution in [0, 0.1) is 0 Å². The van der Waals surface area contributed by atoms with Crippen molar-refractivity contribution in [2.75, 3.05) is 32.1 Å². The van der Waals surface area contributed by atoms with E-state index in [0.717, 1.165) is 5.56 Å². The van der Waals surface area contributed by atoms with Crippen LogP contribution in [0.2, 0.25) is 10.0 Å². The average molecular weight is 525 g/mol. The number of nitrogens with zero attached hydrogens (tertiary/aromatic N) is 2. The van der Waals surface area contributed by atoms with Crippen molar-refractivity contribution in [2.45, 2.75) is 26.1 Å². The number of hydrazone groups is 1. The Morgan fingerprint density at radius 2 is 1.91 bits per heavy atom. The maximum absolute atomic E-state index is 12.5. The smallest absolute Gasteiger partial charge is 0.260 e. The third-order valence-corrected chi connectivity index (χ3v) is 5.80. The third-order valence-electron chi connectivity index (χ3n) is 4.87. The van der Waals surface area contributed by atoms with E-state index in [2.05, 4.69) is 15.8 Å². The lowest BCUT2D eigenvalue weighted by molar-refractivity contribution is -0.145. The van der Waals surface area contributed by atoms with Crippen LogP contribution >= 0.6 is 35.4 Å². The highest BCUT2D eigenvalue weighted by molar-refractivity contribution is 7.80. The summed E-state index contributed by atoms with van der Waals surface area (Å²) in [6.45, 7) is 4.91. The number of halogens is 2. The van der Waals surface area contributed by atoms with E-state index in [1.54, 1.807) is 47.5 Å². The van der Waals surface area contributed by atoms with Crippen LogP contribution in [-0.4, -0.2) is 61.1 Å². The fourth-order valence-electron chi connectivity index (χ4n) is 3.39. The molecule has 1 aliphatic rings. The zero-order valence-corrected chi connectivity index (χ0v) is 21.3. The second-order valence-corrected chi connectivity index (χ2v) is 8.93. The summed E-state index contributed by atoms with van der Waals surface area (Å²) in [6.07, 6.45) is 1.58. The van der Waals surface area contributed by atoms with Crippen molar-refractivity contribution in [1.29, 1.82) is 0 Å². The third kappa shape index (κ3) is 7.46. The van der Waals surface area contributed by atoms with E-state index in [9.17, 15) is 4.79 Å². The van der Waals surface area contributed by atoms with Gasteiger partial charge >= 0.3 is 0 Å². The normalized spacial score (nSPS) is 18.0. The number of hydrogen-bond donors (Lipinski definition) is 2. The summed E-state index contributed by atoms with van der Waals surface area (Å²) >= 11 is 17.1. The predicted octanol–water partition coefficient (Wildman–Crippen LogP) is 4.34. The van der Waals surface area contributed by atoms with Gasteiger partial charge in [0, 0.05) is 18.8 Å². The molecule has 0 radical (unpaired) electrons. The topological polar surface area (TPSA) is 84.4 Å². The number of benzene rings is 2. The molecular weight excluding hydrogens is 499 g/mol. The first-order valence-electron chi connectivity index (χ1n) is 10.5. The van der Waals surface area contributed by atoms with Gasteiger partial charge < -0.3 is 24.4 Å². The molecule has 3 rings (SSSR count). The molecule has 2 aromatic rings. The predicted molar refractivity (Wildman–Crippen MR) is 138 cm³/mol. The summed E-state index contributed by atoms with van der Waals surface area (Å²) in [7, 11) is 1.53. The fourth-order valence-corrected chi connectivity index (χ4v) is 3.86. The molecule has 1 fully saturated rings. The largest absolute Gasteiger partial charge is 0.493 e. The number of carbonyl (C=O) groups is 1. The fraction of sp³-hybridized carbons (Fsp3) is 0.348. The molecule has 1 amide bonds. The maximum atomic E-state index is 12.5. The second-order valence-electron chi connectivity index (χ2n) is 7.71. The summed E-state index contributed by atoms with van der Waals surface area (Å²) in [5.74, 6) is 0.853. The molecule has 0 saturated carbocycles. The van der Waals surface area contributed by atoms with Gasteiger partial charge in [-0.25, -0.2) is 0 Å². The van der Waals surface area contributed by atoms with E-state index in [4.69, 9.17) is 49.6 Å². The lowest BCUT2D eigenvalue weighted by Gasteiger charge is -2.35. The molecular formula is C23H26Cl2N4O4S. The zero-order valence-electron chi connectivity index (χ0n) is 19.0. The number of hydrogen-bond acceptors (Lipinski definition) is 6. The molecule has 0 aromatic heterocycles. The Balaban J connectivity index is 1.53. The van der Waals surface area contributed by atoms with E-state index in [0.29, 0.717) is 40.3 Å². The molecule has 0 bridgehead atoms. The van der Waals surface area contributed by atoms with Crippen molar-refractivity contribution in [2.24, 2.45) is 5.10 Å². The van der Waals surface area contributed by atoms with Gasteiger partial charge in [0.05, 0.1) is 35.6 Å². The van der Waals surface area contributed by atoms with Crippen LogP contribution in [0.5, 0.6) is 11.5 Å². The summed E-state index contributed by atoms with van der Waals surface area (Å²) < 4.78 is 16.8. The summed E-state index contributed by atoms with van der Waals surface area (Å²) in [6, 6.07) is 10.4. The lowest BCUT2D eigenvalue weighted by Crippen LogP contribution is -2.49. The van der Waals surface area contributed by atoms with Gasteiger partial charge in [-0.1, -0.05) is 23.2 Å². The van der Waals surface area contributed by atoms with Gasteiger partial charge in [-0.05, 0) is 68.0 Å². The first-order valence-corrected chi connectivity index (χ1v) is 11.7. The Bertz CT molecular complexity index is 1060. The average Bonchev–Trinajstić information content (AvgIpc) is 2.79. The Kier molecular flexibility index (Phi) is 9.35. The molecule has 2 atom stereocenters. The molecule has 8 nitrogen and oxygen atoms in total. The summed E-state index contributed by atoms with van der Waals surface area (Å²) in [5, 5.41) is 8.25. The molecule has 2 N–H and O–H groups in total. The Morgan fingerprint density at radius 1 is 1.18 bits per heavy atom. The van der Waals surface area contributed by atoms with Crippen LogP contribution < -0.4 is 20.2 Å². The maximum Gasteiger partial charge on any atom is 0.260 e.